The Kier molecular flexibility index (Phi) is 7.34. The van der Waals surface area contributed by atoms with Gasteiger partial charge in [0.15, 0.2) is 5.82 Å². The van der Waals surface area contributed by atoms with Crippen LogP contribution in [0.5, 0.6) is 0 Å². The highest BCUT2D eigenvalue weighted by molar-refractivity contribution is 5.94. The summed E-state index contributed by atoms with van der Waals surface area (Å²) in [6.07, 6.45) is 0.840. The van der Waals surface area contributed by atoms with Gasteiger partial charge in [0.2, 0.25) is 17.7 Å². The van der Waals surface area contributed by atoms with Gasteiger partial charge < -0.3 is 19.4 Å². The van der Waals surface area contributed by atoms with Crippen molar-refractivity contribution in [3.63, 3.8) is 0 Å². The van der Waals surface area contributed by atoms with Gasteiger partial charge in [-0.1, -0.05) is 25.9 Å². The Hall–Kier alpha value is -2.45. The SMILES string of the molecule is CCCN1CC(=O)N(Cc2nc(C(C)C)no2)[C@H](C)C1=O.O=CO. The normalized spacial score (nSPS) is 17.8. The molecule has 2 rings (SSSR count). The van der Waals surface area contributed by atoms with Crippen LogP contribution in [0.3, 0.4) is 0 Å². The number of carbonyl (C=O) groups is 3. The average molecular weight is 340 g/mol. The lowest BCUT2D eigenvalue weighted by Crippen LogP contribution is -2.58. The predicted molar refractivity (Wildman–Crippen MR) is 84.0 cm³/mol. The summed E-state index contributed by atoms with van der Waals surface area (Å²) in [5.41, 5.74) is 0. The van der Waals surface area contributed by atoms with Crippen LogP contribution < -0.4 is 0 Å². The number of rotatable bonds is 5. The van der Waals surface area contributed by atoms with E-state index in [0.29, 0.717) is 18.3 Å². The molecule has 2 heterocycles. The monoisotopic (exact) mass is 340 g/mol. The van der Waals surface area contributed by atoms with E-state index in [2.05, 4.69) is 10.1 Å². The van der Waals surface area contributed by atoms with E-state index >= 15 is 0 Å². The molecule has 24 heavy (non-hydrogen) atoms. The summed E-state index contributed by atoms with van der Waals surface area (Å²) in [6.45, 7) is 8.34. The van der Waals surface area contributed by atoms with Gasteiger partial charge in [-0.05, 0) is 13.3 Å². The maximum Gasteiger partial charge on any atom is 0.290 e. The fourth-order valence-corrected chi connectivity index (χ4v) is 2.34. The number of carboxylic acid groups (broad SMARTS) is 1. The topological polar surface area (TPSA) is 117 Å². The zero-order valence-corrected chi connectivity index (χ0v) is 14.4. The maximum atomic E-state index is 12.2. The second kappa shape index (κ2) is 8.99. The van der Waals surface area contributed by atoms with Crippen LogP contribution in [0.2, 0.25) is 0 Å². The van der Waals surface area contributed by atoms with E-state index in [-0.39, 0.29) is 37.3 Å². The molecule has 0 saturated carbocycles. The molecule has 1 aliphatic rings. The van der Waals surface area contributed by atoms with Crippen molar-refractivity contribution < 1.29 is 24.0 Å². The molecule has 1 fully saturated rings. The van der Waals surface area contributed by atoms with Crippen LogP contribution in [0.4, 0.5) is 0 Å². The van der Waals surface area contributed by atoms with Crippen molar-refractivity contribution in [2.45, 2.75) is 52.6 Å². The van der Waals surface area contributed by atoms with E-state index < -0.39 is 6.04 Å². The molecule has 134 valence electrons. The molecule has 9 heteroatoms. The van der Waals surface area contributed by atoms with Crippen LogP contribution in [0.25, 0.3) is 0 Å². The summed E-state index contributed by atoms with van der Waals surface area (Å²) in [6, 6.07) is -0.493. The minimum atomic E-state index is -0.493. The molecule has 1 atom stereocenters. The van der Waals surface area contributed by atoms with Gasteiger partial charge in [0.05, 0.1) is 6.54 Å². The Morgan fingerprint density at radius 3 is 2.54 bits per heavy atom. The van der Waals surface area contributed by atoms with Gasteiger partial charge in [-0.15, -0.1) is 0 Å². The fraction of sp³-hybridized carbons (Fsp3) is 0.667. The van der Waals surface area contributed by atoms with Gasteiger partial charge in [0.1, 0.15) is 12.6 Å². The first kappa shape index (κ1) is 19.6. The molecule has 1 N–H and O–H groups in total. The number of hydrogen-bond acceptors (Lipinski definition) is 6. The molecule has 1 aromatic rings. The summed E-state index contributed by atoms with van der Waals surface area (Å²) in [7, 11) is 0. The van der Waals surface area contributed by atoms with Crippen molar-refractivity contribution in [2.24, 2.45) is 0 Å². The highest BCUT2D eigenvalue weighted by Gasteiger charge is 2.36. The Balaban J connectivity index is 0.000000891. The highest BCUT2D eigenvalue weighted by atomic mass is 16.5. The van der Waals surface area contributed by atoms with Crippen LogP contribution in [0.1, 0.15) is 51.7 Å². The summed E-state index contributed by atoms with van der Waals surface area (Å²) in [5.74, 6) is 1.04. The molecule has 9 nitrogen and oxygen atoms in total. The zero-order valence-electron chi connectivity index (χ0n) is 14.4. The molecular formula is C15H24N4O5. The number of hydrogen-bond donors (Lipinski definition) is 1. The number of nitrogens with zero attached hydrogens (tertiary/aromatic N) is 4. The lowest BCUT2D eigenvalue weighted by atomic mass is 10.1. The Bertz CT molecular complexity index is 572. The third-order valence-corrected chi connectivity index (χ3v) is 3.58. The first-order valence-corrected chi connectivity index (χ1v) is 7.84. The maximum absolute atomic E-state index is 12.2. The first-order valence-electron chi connectivity index (χ1n) is 7.84. The standard InChI is InChI=1S/C14H22N4O3.CH2O2/c1-5-6-17-8-12(19)18(10(4)14(17)20)7-11-15-13(9(2)3)16-21-11;2-1-3/h9-10H,5-8H2,1-4H3;1H,(H,2,3)/t10-;/m1./s1. The van der Waals surface area contributed by atoms with Gasteiger partial charge in [0, 0.05) is 12.5 Å². The van der Waals surface area contributed by atoms with Crippen LogP contribution >= 0.6 is 0 Å². The van der Waals surface area contributed by atoms with Crippen LogP contribution in [0.15, 0.2) is 4.52 Å². The van der Waals surface area contributed by atoms with E-state index in [4.69, 9.17) is 14.4 Å². The van der Waals surface area contributed by atoms with E-state index in [0.717, 1.165) is 6.42 Å². The van der Waals surface area contributed by atoms with Gasteiger partial charge in [-0.3, -0.25) is 14.4 Å². The second-order valence-corrected chi connectivity index (χ2v) is 5.76. The Labute approximate surface area is 140 Å². The van der Waals surface area contributed by atoms with Crippen molar-refractivity contribution in [1.82, 2.24) is 19.9 Å². The second-order valence-electron chi connectivity index (χ2n) is 5.76. The van der Waals surface area contributed by atoms with E-state index in [1.807, 2.05) is 20.8 Å². The Morgan fingerprint density at radius 1 is 1.42 bits per heavy atom. The highest BCUT2D eigenvalue weighted by Crippen LogP contribution is 2.17. The molecule has 2 amide bonds. The minimum absolute atomic E-state index is 0.0277. The van der Waals surface area contributed by atoms with Gasteiger partial charge in [0.25, 0.3) is 6.47 Å². The summed E-state index contributed by atoms with van der Waals surface area (Å²) < 4.78 is 5.16. The molecule has 0 aliphatic carbocycles. The number of aromatic nitrogens is 2. The number of amides is 2. The smallest absolute Gasteiger partial charge is 0.290 e. The molecule has 1 saturated heterocycles. The molecule has 0 unspecified atom stereocenters. The van der Waals surface area contributed by atoms with Gasteiger partial charge in [-0.25, -0.2) is 0 Å². The van der Waals surface area contributed by atoms with Gasteiger partial charge in [-0.2, -0.15) is 4.98 Å². The average Bonchev–Trinajstić information content (AvgIpc) is 2.99. The summed E-state index contributed by atoms with van der Waals surface area (Å²) in [5, 5.41) is 10.8. The van der Waals surface area contributed by atoms with E-state index in [1.54, 1.807) is 11.8 Å². The van der Waals surface area contributed by atoms with E-state index in [1.165, 1.54) is 4.90 Å². The molecule has 0 radical (unpaired) electrons. The summed E-state index contributed by atoms with van der Waals surface area (Å²) >= 11 is 0. The zero-order chi connectivity index (χ0) is 18.3. The molecule has 0 aromatic carbocycles. The molecule has 1 aromatic heterocycles. The van der Waals surface area contributed by atoms with Gasteiger partial charge >= 0.3 is 0 Å². The largest absolute Gasteiger partial charge is 0.483 e. The predicted octanol–water partition coefficient (Wildman–Crippen LogP) is 0.863. The van der Waals surface area contributed by atoms with E-state index in [9.17, 15) is 9.59 Å². The number of carbonyl (C=O) groups excluding carboxylic acids is 2. The minimum Gasteiger partial charge on any atom is -0.483 e. The van der Waals surface area contributed by atoms with Crippen molar-refractivity contribution in [2.75, 3.05) is 13.1 Å². The fourth-order valence-electron chi connectivity index (χ4n) is 2.34. The Morgan fingerprint density at radius 2 is 2.04 bits per heavy atom. The molecule has 1 aliphatic heterocycles. The van der Waals surface area contributed by atoms with Crippen LogP contribution in [-0.2, 0) is 20.9 Å². The van der Waals surface area contributed by atoms with Crippen LogP contribution in [-0.4, -0.2) is 62.5 Å². The third kappa shape index (κ3) is 4.77. The first-order chi connectivity index (χ1) is 11.3. The molecular weight excluding hydrogens is 316 g/mol. The molecule has 0 spiro atoms. The lowest BCUT2D eigenvalue weighted by molar-refractivity contribution is -0.156. The van der Waals surface area contributed by atoms with Crippen molar-refractivity contribution in [3.05, 3.63) is 11.7 Å². The third-order valence-electron chi connectivity index (χ3n) is 3.58. The molecule has 0 bridgehead atoms. The summed E-state index contributed by atoms with van der Waals surface area (Å²) in [4.78, 5) is 40.2. The number of piperazine rings is 1. The lowest BCUT2D eigenvalue weighted by Gasteiger charge is -2.37. The van der Waals surface area contributed by atoms with Crippen LogP contribution in [0, 0.1) is 0 Å². The van der Waals surface area contributed by atoms with Crippen molar-refractivity contribution in [1.29, 1.82) is 0 Å². The van der Waals surface area contributed by atoms with Crippen molar-refractivity contribution in [3.8, 4) is 0 Å². The quantitative estimate of drug-likeness (QED) is 0.790. The van der Waals surface area contributed by atoms with Crippen molar-refractivity contribution >= 4 is 18.3 Å².